The molecule has 2 N–H and O–H groups in total. The molecule has 0 aliphatic carbocycles. The standard InChI is InChI=1S/C26H34F5N3O/c1-4-7-8-9-21(27)24(28)25(35)33-22-15-14-20(16-23(22)34(5-2)6-3)32-17-18-10-12-19(13-11-18)26(29,30)31/h10-16,21,24,32H,4-9,17H2,1-3H3,(H,33,35)/t21-,24+/m0/s1. The van der Waals surface area contributed by atoms with Crippen LogP contribution in [0.25, 0.3) is 0 Å². The first-order valence-corrected chi connectivity index (χ1v) is 12.0. The maximum Gasteiger partial charge on any atom is 0.416 e. The minimum Gasteiger partial charge on any atom is -0.381 e. The Morgan fingerprint density at radius 2 is 1.63 bits per heavy atom. The summed E-state index contributed by atoms with van der Waals surface area (Å²) in [6.07, 6.45) is -6.32. The third-order valence-corrected chi connectivity index (χ3v) is 5.79. The van der Waals surface area contributed by atoms with Crippen LogP contribution in [0.15, 0.2) is 42.5 Å². The largest absolute Gasteiger partial charge is 0.416 e. The van der Waals surface area contributed by atoms with Gasteiger partial charge in [-0.05, 0) is 56.2 Å². The Kier molecular flexibility index (Phi) is 10.8. The summed E-state index contributed by atoms with van der Waals surface area (Å²) >= 11 is 0. The van der Waals surface area contributed by atoms with E-state index in [9.17, 15) is 26.7 Å². The van der Waals surface area contributed by atoms with Gasteiger partial charge in [0.05, 0.1) is 16.9 Å². The van der Waals surface area contributed by atoms with Crippen molar-refractivity contribution >= 4 is 23.0 Å². The van der Waals surface area contributed by atoms with E-state index in [4.69, 9.17) is 0 Å². The van der Waals surface area contributed by atoms with E-state index in [-0.39, 0.29) is 13.0 Å². The molecule has 0 radical (unpaired) electrons. The van der Waals surface area contributed by atoms with E-state index < -0.39 is 30.0 Å². The van der Waals surface area contributed by atoms with Gasteiger partial charge in [0.1, 0.15) is 6.17 Å². The number of halogens is 5. The van der Waals surface area contributed by atoms with E-state index in [1.807, 2.05) is 25.7 Å². The average molecular weight is 500 g/mol. The van der Waals surface area contributed by atoms with Crippen LogP contribution in [-0.2, 0) is 17.5 Å². The molecular weight excluding hydrogens is 465 g/mol. The van der Waals surface area contributed by atoms with Crippen molar-refractivity contribution < 1.29 is 26.7 Å². The van der Waals surface area contributed by atoms with Crippen LogP contribution >= 0.6 is 0 Å². The molecule has 0 saturated carbocycles. The molecule has 35 heavy (non-hydrogen) atoms. The van der Waals surface area contributed by atoms with E-state index >= 15 is 0 Å². The van der Waals surface area contributed by atoms with Crippen molar-refractivity contribution in [1.29, 1.82) is 0 Å². The van der Waals surface area contributed by atoms with Gasteiger partial charge in [0, 0.05) is 25.3 Å². The Balaban J connectivity index is 2.13. The van der Waals surface area contributed by atoms with Crippen LogP contribution in [0.5, 0.6) is 0 Å². The highest BCUT2D eigenvalue weighted by Gasteiger charge is 2.30. The van der Waals surface area contributed by atoms with Crippen molar-refractivity contribution in [2.75, 3.05) is 28.6 Å². The van der Waals surface area contributed by atoms with Gasteiger partial charge in [0.15, 0.2) is 0 Å². The number of carbonyl (C=O) groups is 1. The number of nitrogens with one attached hydrogen (secondary N) is 2. The van der Waals surface area contributed by atoms with E-state index in [0.717, 1.165) is 25.0 Å². The van der Waals surface area contributed by atoms with Gasteiger partial charge in [-0.15, -0.1) is 0 Å². The quantitative estimate of drug-likeness (QED) is 0.224. The fraction of sp³-hybridized carbons (Fsp3) is 0.500. The number of anilines is 3. The van der Waals surface area contributed by atoms with Gasteiger partial charge in [-0.25, -0.2) is 8.78 Å². The molecular formula is C26H34F5N3O. The maximum absolute atomic E-state index is 14.4. The first-order valence-electron chi connectivity index (χ1n) is 12.0. The van der Waals surface area contributed by atoms with Crippen molar-refractivity contribution in [2.45, 2.75) is 71.5 Å². The first-order chi connectivity index (χ1) is 16.6. The summed E-state index contributed by atoms with van der Waals surface area (Å²) in [7, 11) is 0. The molecule has 0 saturated heterocycles. The molecule has 4 nitrogen and oxygen atoms in total. The summed E-state index contributed by atoms with van der Waals surface area (Å²) in [5.41, 5.74) is 1.62. The number of benzene rings is 2. The average Bonchev–Trinajstić information content (AvgIpc) is 2.84. The molecule has 2 rings (SSSR count). The van der Waals surface area contributed by atoms with Crippen LogP contribution in [0.3, 0.4) is 0 Å². The Hall–Kier alpha value is -2.84. The van der Waals surface area contributed by atoms with E-state index in [1.165, 1.54) is 12.1 Å². The SMILES string of the molecule is CCCCC[C@H](F)[C@@H](F)C(=O)Nc1ccc(NCc2ccc(C(F)(F)F)cc2)cc1N(CC)CC. The molecule has 194 valence electrons. The summed E-state index contributed by atoms with van der Waals surface area (Å²) in [5.74, 6) is -1.02. The van der Waals surface area contributed by atoms with Crippen LogP contribution in [0.1, 0.15) is 57.6 Å². The number of amides is 1. The highest BCUT2D eigenvalue weighted by molar-refractivity contribution is 5.98. The lowest BCUT2D eigenvalue weighted by molar-refractivity contribution is -0.137. The second kappa shape index (κ2) is 13.3. The molecule has 0 bridgehead atoms. The van der Waals surface area contributed by atoms with Gasteiger partial charge < -0.3 is 15.5 Å². The zero-order chi connectivity index (χ0) is 26.0. The summed E-state index contributed by atoms with van der Waals surface area (Å²) < 4.78 is 66.8. The van der Waals surface area contributed by atoms with Crippen LogP contribution in [0.2, 0.25) is 0 Å². The van der Waals surface area contributed by atoms with Gasteiger partial charge in [-0.1, -0.05) is 38.3 Å². The molecule has 2 aromatic carbocycles. The predicted molar refractivity (Wildman–Crippen MR) is 131 cm³/mol. The molecule has 0 unspecified atom stereocenters. The van der Waals surface area contributed by atoms with Gasteiger partial charge >= 0.3 is 6.18 Å². The van der Waals surface area contributed by atoms with Crippen LogP contribution in [-0.4, -0.2) is 31.3 Å². The zero-order valence-corrected chi connectivity index (χ0v) is 20.4. The third kappa shape index (κ3) is 8.40. The van der Waals surface area contributed by atoms with Crippen LogP contribution in [0, 0.1) is 0 Å². The predicted octanol–water partition coefficient (Wildman–Crippen LogP) is 7.36. The maximum atomic E-state index is 14.4. The summed E-state index contributed by atoms with van der Waals surface area (Å²) in [5, 5.41) is 5.68. The van der Waals surface area contributed by atoms with Gasteiger partial charge in [0.25, 0.3) is 5.91 Å². The van der Waals surface area contributed by atoms with Crippen molar-refractivity contribution in [3.63, 3.8) is 0 Å². The van der Waals surface area contributed by atoms with Gasteiger partial charge in [-0.2, -0.15) is 13.2 Å². The molecule has 0 fully saturated rings. The molecule has 0 aliphatic heterocycles. The minimum atomic E-state index is -4.39. The fourth-order valence-electron chi connectivity index (χ4n) is 3.69. The molecule has 0 aliphatic rings. The number of nitrogens with zero attached hydrogens (tertiary/aromatic N) is 1. The van der Waals surface area contributed by atoms with E-state index in [0.29, 0.717) is 42.1 Å². The highest BCUT2D eigenvalue weighted by Crippen LogP contribution is 2.31. The van der Waals surface area contributed by atoms with Crippen molar-refractivity contribution in [3.05, 3.63) is 53.6 Å². The minimum absolute atomic E-state index is 0.00185. The first kappa shape index (κ1) is 28.4. The van der Waals surface area contributed by atoms with Crippen molar-refractivity contribution in [1.82, 2.24) is 0 Å². The molecule has 0 heterocycles. The summed E-state index contributed by atoms with van der Waals surface area (Å²) in [6, 6.07) is 9.94. The summed E-state index contributed by atoms with van der Waals surface area (Å²) in [6.45, 7) is 7.34. The van der Waals surface area contributed by atoms with Crippen LogP contribution < -0.4 is 15.5 Å². The monoisotopic (exact) mass is 499 g/mol. The summed E-state index contributed by atoms with van der Waals surface area (Å²) in [4.78, 5) is 14.4. The number of rotatable bonds is 13. The van der Waals surface area contributed by atoms with E-state index in [1.54, 1.807) is 18.2 Å². The second-order valence-corrected chi connectivity index (χ2v) is 8.36. The normalized spacial score (nSPS) is 13.3. The van der Waals surface area contributed by atoms with Crippen LogP contribution in [0.4, 0.5) is 39.0 Å². The molecule has 2 aromatic rings. The number of carbonyl (C=O) groups excluding carboxylic acids is 1. The lowest BCUT2D eigenvalue weighted by Gasteiger charge is -2.26. The Bertz CT molecular complexity index is 930. The highest BCUT2D eigenvalue weighted by atomic mass is 19.4. The number of hydrogen-bond acceptors (Lipinski definition) is 3. The number of unbranched alkanes of at least 4 members (excludes halogenated alkanes) is 2. The van der Waals surface area contributed by atoms with E-state index in [2.05, 4.69) is 10.6 Å². The number of alkyl halides is 5. The molecule has 2 atom stereocenters. The zero-order valence-electron chi connectivity index (χ0n) is 20.4. The van der Waals surface area contributed by atoms with Gasteiger partial charge in [-0.3, -0.25) is 4.79 Å². The molecule has 0 aromatic heterocycles. The van der Waals surface area contributed by atoms with Crippen molar-refractivity contribution in [2.24, 2.45) is 0 Å². The Morgan fingerprint density at radius 1 is 0.971 bits per heavy atom. The fourth-order valence-corrected chi connectivity index (χ4v) is 3.69. The van der Waals surface area contributed by atoms with Crippen molar-refractivity contribution in [3.8, 4) is 0 Å². The number of hydrogen-bond donors (Lipinski definition) is 2. The second-order valence-electron chi connectivity index (χ2n) is 8.36. The molecule has 0 spiro atoms. The Morgan fingerprint density at radius 3 is 2.20 bits per heavy atom. The van der Waals surface area contributed by atoms with Gasteiger partial charge in [0.2, 0.25) is 6.17 Å². The Labute approximate surface area is 203 Å². The smallest absolute Gasteiger partial charge is 0.381 e. The topological polar surface area (TPSA) is 44.4 Å². The third-order valence-electron chi connectivity index (χ3n) is 5.79. The molecule has 1 amide bonds. The lowest BCUT2D eigenvalue weighted by Crippen LogP contribution is -2.33. The molecule has 9 heteroatoms. The lowest BCUT2D eigenvalue weighted by atomic mass is 10.1.